The van der Waals surface area contributed by atoms with Crippen LogP contribution in [0.25, 0.3) is 10.8 Å². The molecule has 0 spiro atoms. The van der Waals surface area contributed by atoms with Crippen LogP contribution in [0.15, 0.2) is 44.2 Å². The van der Waals surface area contributed by atoms with Crippen molar-refractivity contribution in [2.24, 2.45) is 0 Å². The van der Waals surface area contributed by atoms with Gasteiger partial charge in [-0.2, -0.15) is 4.68 Å². The normalized spacial score (nSPS) is 16.7. The van der Waals surface area contributed by atoms with Crippen LogP contribution in [-0.2, 0) is 13.2 Å². The fraction of sp³-hybridized carbons (Fsp3) is 0.375. The van der Waals surface area contributed by atoms with Gasteiger partial charge in [-0.25, -0.2) is 4.79 Å². The zero-order chi connectivity index (χ0) is 16.4. The van der Waals surface area contributed by atoms with E-state index in [1.54, 1.807) is 11.3 Å². The monoisotopic (exact) mass is 362 g/mol. The highest BCUT2D eigenvalue weighted by Crippen LogP contribution is 2.21. The first kappa shape index (κ1) is 15.8. The van der Waals surface area contributed by atoms with Gasteiger partial charge in [0.15, 0.2) is 0 Å². The third kappa shape index (κ3) is 3.51. The van der Waals surface area contributed by atoms with Crippen molar-refractivity contribution in [2.45, 2.75) is 13.2 Å². The third-order valence-corrected chi connectivity index (χ3v) is 5.82. The molecular weight excluding hydrogens is 344 g/mol. The lowest BCUT2D eigenvalue weighted by atomic mass is 10.3. The summed E-state index contributed by atoms with van der Waals surface area (Å²) in [6.45, 7) is 5.36. The molecule has 0 atom stereocenters. The number of thiophene rings is 2. The Hall–Kier alpha value is -1.74. The summed E-state index contributed by atoms with van der Waals surface area (Å²) in [6.07, 6.45) is 0. The second-order valence-electron chi connectivity index (χ2n) is 5.76. The maximum Gasteiger partial charge on any atom is 0.438 e. The number of aromatic nitrogens is 2. The summed E-state index contributed by atoms with van der Waals surface area (Å²) in [5.41, 5.74) is 0. The lowest BCUT2D eigenvalue weighted by Crippen LogP contribution is -2.47. The van der Waals surface area contributed by atoms with E-state index in [-0.39, 0.29) is 5.76 Å². The van der Waals surface area contributed by atoms with Gasteiger partial charge in [0, 0.05) is 37.6 Å². The molecule has 0 N–H and O–H groups in total. The molecule has 0 amide bonds. The van der Waals surface area contributed by atoms with Gasteiger partial charge in [0.05, 0.1) is 4.88 Å². The Morgan fingerprint density at radius 2 is 1.79 bits per heavy atom. The van der Waals surface area contributed by atoms with Gasteiger partial charge in [0.1, 0.15) is 6.67 Å². The summed E-state index contributed by atoms with van der Waals surface area (Å²) in [5.74, 6) is 0.0192. The molecule has 0 bridgehead atoms. The van der Waals surface area contributed by atoms with Crippen molar-refractivity contribution in [1.82, 2.24) is 19.6 Å². The van der Waals surface area contributed by atoms with E-state index in [1.807, 2.05) is 17.5 Å². The Kier molecular flexibility index (Phi) is 4.61. The highest BCUT2D eigenvalue weighted by Gasteiger charge is 2.19. The second kappa shape index (κ2) is 7.02. The van der Waals surface area contributed by atoms with Gasteiger partial charge in [-0.1, -0.05) is 12.1 Å². The molecule has 6 nitrogen and oxygen atoms in total. The molecule has 1 aliphatic rings. The van der Waals surface area contributed by atoms with Crippen LogP contribution < -0.4 is 5.76 Å². The first-order chi connectivity index (χ1) is 11.8. The number of nitrogens with zero attached hydrogens (tertiary/aromatic N) is 4. The van der Waals surface area contributed by atoms with Crippen LogP contribution in [0.1, 0.15) is 4.88 Å². The molecule has 4 heterocycles. The third-order valence-electron chi connectivity index (χ3n) is 4.10. The van der Waals surface area contributed by atoms with Crippen LogP contribution in [0.5, 0.6) is 0 Å². The van der Waals surface area contributed by atoms with Gasteiger partial charge in [0.2, 0.25) is 0 Å². The van der Waals surface area contributed by atoms with Crippen LogP contribution in [0.3, 0.4) is 0 Å². The summed E-state index contributed by atoms with van der Waals surface area (Å²) in [6, 6.07) is 8.10. The number of piperazine rings is 1. The molecule has 3 aromatic rings. The predicted octanol–water partition coefficient (Wildman–Crippen LogP) is 2.40. The highest BCUT2D eigenvalue weighted by atomic mass is 32.1. The first-order valence-electron chi connectivity index (χ1n) is 7.87. The molecule has 0 unspecified atom stereocenters. The van der Waals surface area contributed by atoms with Gasteiger partial charge in [-0.15, -0.1) is 27.8 Å². The summed E-state index contributed by atoms with van der Waals surface area (Å²) < 4.78 is 6.68. The number of hydrogen-bond acceptors (Lipinski definition) is 7. The van der Waals surface area contributed by atoms with Crippen molar-refractivity contribution in [3.05, 3.63) is 50.5 Å². The first-order valence-corrected chi connectivity index (χ1v) is 9.63. The van der Waals surface area contributed by atoms with Crippen molar-refractivity contribution in [1.29, 1.82) is 0 Å². The number of hydrogen-bond donors (Lipinski definition) is 0. The molecule has 0 radical (unpaired) electrons. The molecule has 24 heavy (non-hydrogen) atoms. The minimum absolute atomic E-state index is 0.389. The molecule has 3 aromatic heterocycles. The molecule has 4 rings (SSSR count). The molecule has 1 aliphatic heterocycles. The van der Waals surface area contributed by atoms with E-state index >= 15 is 0 Å². The maximum atomic E-state index is 12.0. The van der Waals surface area contributed by atoms with Crippen molar-refractivity contribution >= 4 is 22.7 Å². The van der Waals surface area contributed by atoms with E-state index in [1.165, 1.54) is 20.9 Å². The summed E-state index contributed by atoms with van der Waals surface area (Å²) >= 11 is 3.32. The van der Waals surface area contributed by atoms with Gasteiger partial charge >= 0.3 is 5.76 Å². The van der Waals surface area contributed by atoms with Gasteiger partial charge in [-0.05, 0) is 22.9 Å². The topological polar surface area (TPSA) is 54.5 Å². The molecule has 0 aliphatic carbocycles. The SMILES string of the molecule is O=c1oc(-c2cccs2)nn1CN1CCN(Cc2cccs2)CC1. The Labute approximate surface area is 147 Å². The van der Waals surface area contributed by atoms with Crippen LogP contribution >= 0.6 is 22.7 Å². The highest BCUT2D eigenvalue weighted by molar-refractivity contribution is 7.13. The molecule has 0 saturated carbocycles. The molecule has 0 aromatic carbocycles. The second-order valence-corrected chi connectivity index (χ2v) is 7.74. The van der Waals surface area contributed by atoms with Crippen molar-refractivity contribution < 1.29 is 4.42 Å². The van der Waals surface area contributed by atoms with Crippen molar-refractivity contribution in [3.8, 4) is 10.8 Å². The Bertz CT molecular complexity index is 815. The lowest BCUT2D eigenvalue weighted by molar-refractivity contribution is 0.0970. The van der Waals surface area contributed by atoms with Crippen LogP contribution in [0.2, 0.25) is 0 Å². The fourth-order valence-corrected chi connectivity index (χ4v) is 4.19. The molecule has 8 heteroatoms. The Balaban J connectivity index is 1.35. The summed E-state index contributed by atoms with van der Waals surface area (Å²) in [7, 11) is 0. The molecule has 1 saturated heterocycles. The summed E-state index contributed by atoms with van der Waals surface area (Å²) in [5, 5.41) is 8.38. The Morgan fingerprint density at radius 3 is 2.50 bits per heavy atom. The average Bonchev–Trinajstić information content (AvgIpc) is 3.32. The maximum absolute atomic E-state index is 12.0. The van der Waals surface area contributed by atoms with Gasteiger partial charge in [0.25, 0.3) is 5.89 Å². The van der Waals surface area contributed by atoms with E-state index in [2.05, 4.69) is 32.4 Å². The van der Waals surface area contributed by atoms with Gasteiger partial charge < -0.3 is 4.42 Å². The van der Waals surface area contributed by atoms with E-state index in [9.17, 15) is 4.79 Å². The zero-order valence-electron chi connectivity index (χ0n) is 13.1. The zero-order valence-corrected chi connectivity index (χ0v) is 14.8. The molecule has 126 valence electrons. The standard InChI is InChI=1S/C16H18N4O2S2/c21-16-20(17-15(22-16)14-4-2-10-24-14)12-19-7-5-18(6-8-19)11-13-3-1-9-23-13/h1-4,9-10H,5-8,11-12H2. The largest absolute Gasteiger partial charge is 0.438 e. The smallest absolute Gasteiger partial charge is 0.387 e. The van der Waals surface area contributed by atoms with Crippen molar-refractivity contribution in [2.75, 3.05) is 26.2 Å². The van der Waals surface area contributed by atoms with Gasteiger partial charge in [-0.3, -0.25) is 9.80 Å². The fourth-order valence-electron chi connectivity index (χ4n) is 2.80. The summed E-state index contributed by atoms with van der Waals surface area (Å²) in [4.78, 5) is 19.0. The van der Waals surface area contributed by atoms with E-state index in [4.69, 9.17) is 4.42 Å². The van der Waals surface area contributed by atoms with E-state index in [0.717, 1.165) is 37.6 Å². The van der Waals surface area contributed by atoms with E-state index in [0.29, 0.717) is 12.6 Å². The van der Waals surface area contributed by atoms with Crippen molar-refractivity contribution in [3.63, 3.8) is 0 Å². The lowest BCUT2D eigenvalue weighted by Gasteiger charge is -2.33. The van der Waals surface area contributed by atoms with Crippen LogP contribution in [0, 0.1) is 0 Å². The van der Waals surface area contributed by atoms with Crippen LogP contribution in [0.4, 0.5) is 0 Å². The quantitative estimate of drug-likeness (QED) is 0.698. The average molecular weight is 362 g/mol. The number of rotatable bonds is 5. The van der Waals surface area contributed by atoms with E-state index < -0.39 is 0 Å². The predicted molar refractivity (Wildman–Crippen MR) is 95.2 cm³/mol. The Morgan fingerprint density at radius 1 is 1.04 bits per heavy atom. The van der Waals surface area contributed by atoms with Crippen LogP contribution in [-0.4, -0.2) is 45.8 Å². The minimum atomic E-state index is -0.389. The molecule has 1 fully saturated rings. The molecular formula is C16H18N4O2S2. The minimum Gasteiger partial charge on any atom is -0.387 e.